The first-order chi connectivity index (χ1) is 14.1. The van der Waals surface area contributed by atoms with Gasteiger partial charge in [-0.3, -0.25) is 9.59 Å². The summed E-state index contributed by atoms with van der Waals surface area (Å²) >= 11 is 0. The second-order valence-corrected chi connectivity index (χ2v) is 7.04. The van der Waals surface area contributed by atoms with E-state index < -0.39 is 12.0 Å². The van der Waals surface area contributed by atoms with Crippen molar-refractivity contribution in [3.63, 3.8) is 0 Å². The largest absolute Gasteiger partial charge is 0.497 e. The van der Waals surface area contributed by atoms with E-state index in [9.17, 15) is 14.4 Å². The zero-order valence-corrected chi connectivity index (χ0v) is 18.7. The fraction of sp³-hybridized carbons (Fsp3) is 0.409. The monoisotopic (exact) mass is 416 g/mol. The fourth-order valence-corrected chi connectivity index (χ4v) is 3.42. The van der Waals surface area contributed by atoms with E-state index in [2.05, 4.69) is 0 Å². The van der Waals surface area contributed by atoms with Crippen molar-refractivity contribution in [3.8, 4) is 11.5 Å². The van der Waals surface area contributed by atoms with Crippen molar-refractivity contribution in [3.05, 3.63) is 46.3 Å². The molecule has 0 radical (unpaired) electrons. The first-order valence-corrected chi connectivity index (χ1v) is 9.37. The van der Waals surface area contributed by atoms with Crippen LogP contribution in [0.5, 0.6) is 11.5 Å². The smallest absolute Gasteiger partial charge is 0.354 e. The topological polar surface area (TPSA) is 87.1 Å². The summed E-state index contributed by atoms with van der Waals surface area (Å²) in [5, 5.41) is 0. The average molecular weight is 416 g/mol. The first-order valence-electron chi connectivity index (χ1n) is 9.37. The van der Waals surface area contributed by atoms with E-state index >= 15 is 0 Å². The molecular weight excluding hydrogens is 388 g/mol. The number of carbonyl (C=O) groups is 3. The number of hydrogen-bond acceptors (Lipinski definition) is 6. The molecule has 0 saturated carbocycles. The number of ketones is 1. The lowest BCUT2D eigenvalue weighted by molar-refractivity contribution is 0.0588. The predicted octanol–water partition coefficient (Wildman–Crippen LogP) is 2.79. The third-order valence-electron chi connectivity index (χ3n) is 5.43. The van der Waals surface area contributed by atoms with Crippen molar-refractivity contribution in [2.75, 3.05) is 28.4 Å². The van der Waals surface area contributed by atoms with Gasteiger partial charge in [-0.25, -0.2) is 4.79 Å². The summed E-state index contributed by atoms with van der Waals surface area (Å²) in [5.74, 6) is -0.184. The van der Waals surface area contributed by atoms with Crippen LogP contribution in [0.15, 0.2) is 18.2 Å². The summed E-state index contributed by atoms with van der Waals surface area (Å²) in [4.78, 5) is 39.8. The number of methoxy groups -OCH3 is 3. The molecule has 0 aliphatic rings. The number of hydrogen-bond donors (Lipinski definition) is 0. The van der Waals surface area contributed by atoms with Crippen LogP contribution in [0, 0.1) is 13.8 Å². The van der Waals surface area contributed by atoms with Gasteiger partial charge in [0.25, 0.3) is 5.91 Å². The van der Waals surface area contributed by atoms with Crippen molar-refractivity contribution in [2.24, 2.45) is 7.05 Å². The van der Waals surface area contributed by atoms with Gasteiger partial charge < -0.3 is 23.7 Å². The quantitative estimate of drug-likeness (QED) is 0.510. The third-order valence-corrected chi connectivity index (χ3v) is 5.43. The molecule has 0 N–H and O–H groups in total. The Kier molecular flexibility index (Phi) is 6.92. The minimum atomic E-state index is -0.764. The molecule has 30 heavy (non-hydrogen) atoms. The number of amides is 1. The van der Waals surface area contributed by atoms with E-state index in [1.165, 1.54) is 26.2 Å². The highest BCUT2D eigenvalue weighted by atomic mass is 16.5. The number of benzene rings is 1. The van der Waals surface area contributed by atoms with Gasteiger partial charge in [0.1, 0.15) is 17.2 Å². The van der Waals surface area contributed by atoms with Crippen molar-refractivity contribution in [1.82, 2.24) is 9.47 Å². The molecule has 0 bridgehead atoms. The van der Waals surface area contributed by atoms with Crippen LogP contribution in [0.25, 0.3) is 0 Å². The zero-order chi connectivity index (χ0) is 22.7. The summed E-state index contributed by atoms with van der Waals surface area (Å²) in [6.45, 7) is 5.11. The van der Waals surface area contributed by atoms with Gasteiger partial charge in [-0.05, 0) is 38.5 Å². The Morgan fingerprint density at radius 3 is 2.00 bits per heavy atom. The Balaban J connectivity index is 2.39. The van der Waals surface area contributed by atoms with E-state index in [0.717, 1.165) is 0 Å². The van der Waals surface area contributed by atoms with Crippen molar-refractivity contribution < 1.29 is 28.6 Å². The molecule has 2 rings (SSSR count). The number of aromatic nitrogens is 1. The zero-order valence-electron chi connectivity index (χ0n) is 18.7. The molecular formula is C22H28N2O6. The first kappa shape index (κ1) is 23.0. The lowest BCUT2D eigenvalue weighted by atomic mass is 9.99. The number of carbonyl (C=O) groups excluding carboxylic acids is 3. The fourth-order valence-electron chi connectivity index (χ4n) is 3.42. The summed E-state index contributed by atoms with van der Waals surface area (Å²) < 4.78 is 16.9. The Bertz CT molecular complexity index is 970. The Morgan fingerprint density at radius 1 is 1.00 bits per heavy atom. The summed E-state index contributed by atoms with van der Waals surface area (Å²) in [6.07, 6.45) is 0. The SMILES string of the molecule is COC(=O)c1c(C)c(C(=O)[C@H](C)N(C)C(=O)c2cc(OC)cc(OC)c2)c(C)n1C. The van der Waals surface area contributed by atoms with Gasteiger partial charge in [0, 0.05) is 37.0 Å². The minimum absolute atomic E-state index is 0.263. The lowest BCUT2D eigenvalue weighted by Crippen LogP contribution is -2.40. The molecule has 1 heterocycles. The van der Waals surface area contributed by atoms with Gasteiger partial charge in [0.05, 0.1) is 27.4 Å². The van der Waals surface area contributed by atoms with Crippen LogP contribution in [0.2, 0.25) is 0 Å². The maximum Gasteiger partial charge on any atom is 0.354 e. The molecule has 0 fully saturated rings. The van der Waals surface area contributed by atoms with Gasteiger partial charge in [-0.1, -0.05) is 0 Å². The maximum absolute atomic E-state index is 13.3. The number of nitrogens with zero attached hydrogens (tertiary/aromatic N) is 2. The van der Waals surface area contributed by atoms with Gasteiger partial charge in [-0.2, -0.15) is 0 Å². The standard InChI is InChI=1S/C22H28N2O6/c1-12-18(13(2)23(4)19(12)22(27)30-8)20(25)14(3)24(5)21(26)15-9-16(28-6)11-17(10-15)29-7/h9-11,14H,1-8H3/t14-/m0/s1. The molecule has 0 saturated heterocycles. The molecule has 2 aromatic rings. The molecule has 162 valence electrons. The van der Waals surface area contributed by atoms with Gasteiger partial charge in [-0.15, -0.1) is 0 Å². The molecule has 1 aromatic heterocycles. The van der Waals surface area contributed by atoms with E-state index in [4.69, 9.17) is 14.2 Å². The van der Waals surface area contributed by atoms with Crippen LogP contribution in [-0.2, 0) is 11.8 Å². The van der Waals surface area contributed by atoms with Crippen LogP contribution in [-0.4, -0.2) is 61.5 Å². The van der Waals surface area contributed by atoms with Crippen LogP contribution >= 0.6 is 0 Å². The summed E-state index contributed by atoms with van der Waals surface area (Å²) in [5.41, 5.74) is 2.23. The predicted molar refractivity (Wildman–Crippen MR) is 112 cm³/mol. The molecule has 0 unspecified atom stereocenters. The van der Waals surface area contributed by atoms with Crippen molar-refractivity contribution >= 4 is 17.7 Å². The molecule has 0 spiro atoms. The summed E-state index contributed by atoms with van der Waals surface area (Å²) in [6, 6.07) is 4.08. The van der Waals surface area contributed by atoms with E-state index in [1.807, 2.05) is 0 Å². The number of likely N-dealkylation sites (N-methyl/N-ethyl adjacent to an activating group) is 1. The van der Waals surface area contributed by atoms with Crippen molar-refractivity contribution in [1.29, 1.82) is 0 Å². The highest BCUT2D eigenvalue weighted by Gasteiger charge is 2.31. The molecule has 1 aromatic carbocycles. The molecule has 8 nitrogen and oxygen atoms in total. The normalized spacial score (nSPS) is 11.6. The van der Waals surface area contributed by atoms with Crippen LogP contribution in [0.3, 0.4) is 0 Å². The average Bonchev–Trinajstić information content (AvgIpc) is 2.98. The Hall–Kier alpha value is -3.29. The number of rotatable bonds is 7. The molecule has 0 aliphatic heterocycles. The van der Waals surface area contributed by atoms with Gasteiger partial charge >= 0.3 is 5.97 Å². The van der Waals surface area contributed by atoms with Crippen LogP contribution in [0.1, 0.15) is 49.4 Å². The number of ether oxygens (including phenoxy) is 3. The second-order valence-electron chi connectivity index (χ2n) is 7.04. The van der Waals surface area contributed by atoms with Crippen LogP contribution in [0.4, 0.5) is 0 Å². The Labute approximate surface area is 176 Å². The third kappa shape index (κ3) is 4.03. The molecule has 1 atom stereocenters. The minimum Gasteiger partial charge on any atom is -0.497 e. The van der Waals surface area contributed by atoms with E-state index in [0.29, 0.717) is 39.6 Å². The molecule has 0 aliphatic carbocycles. The lowest BCUT2D eigenvalue weighted by Gasteiger charge is -2.24. The van der Waals surface area contributed by atoms with Gasteiger partial charge in [0.15, 0.2) is 5.78 Å². The van der Waals surface area contributed by atoms with E-state index in [-0.39, 0.29) is 11.7 Å². The second kappa shape index (κ2) is 9.02. The Morgan fingerprint density at radius 2 is 1.53 bits per heavy atom. The number of esters is 1. The van der Waals surface area contributed by atoms with Gasteiger partial charge in [0.2, 0.25) is 0 Å². The summed E-state index contributed by atoms with van der Waals surface area (Å²) in [7, 11) is 7.56. The maximum atomic E-state index is 13.3. The van der Waals surface area contributed by atoms with Crippen molar-refractivity contribution in [2.45, 2.75) is 26.8 Å². The number of Topliss-reactive ketones (excluding diaryl/α,β-unsaturated/α-hetero) is 1. The molecule has 1 amide bonds. The van der Waals surface area contributed by atoms with E-state index in [1.54, 1.807) is 57.6 Å². The highest BCUT2D eigenvalue weighted by molar-refractivity contribution is 6.07. The molecule has 8 heteroatoms. The highest BCUT2D eigenvalue weighted by Crippen LogP contribution is 2.26. The van der Waals surface area contributed by atoms with Crippen LogP contribution < -0.4 is 9.47 Å².